The number of halogens is 2. The highest BCUT2D eigenvalue weighted by Gasteiger charge is 2.10. The van der Waals surface area contributed by atoms with Crippen molar-refractivity contribution in [2.75, 3.05) is 11.9 Å². The van der Waals surface area contributed by atoms with Gasteiger partial charge in [-0.3, -0.25) is 14.9 Å². The SMILES string of the molecule is CCOC(=O)Cc1csc(NC(=O)/C=C/c2c(F)cccc2Cl)n1. The minimum atomic E-state index is -0.516. The molecule has 0 aliphatic heterocycles. The highest BCUT2D eigenvalue weighted by molar-refractivity contribution is 7.14. The van der Waals surface area contributed by atoms with Crippen molar-refractivity contribution in [3.8, 4) is 0 Å². The number of hydrogen-bond donors (Lipinski definition) is 1. The maximum absolute atomic E-state index is 13.6. The summed E-state index contributed by atoms with van der Waals surface area (Å²) >= 11 is 7.05. The van der Waals surface area contributed by atoms with Gasteiger partial charge >= 0.3 is 5.97 Å². The van der Waals surface area contributed by atoms with E-state index in [9.17, 15) is 14.0 Å². The van der Waals surface area contributed by atoms with Crippen LogP contribution in [0.25, 0.3) is 6.08 Å². The molecule has 0 atom stereocenters. The molecule has 1 aromatic carbocycles. The zero-order chi connectivity index (χ0) is 17.5. The van der Waals surface area contributed by atoms with Gasteiger partial charge < -0.3 is 4.74 Å². The summed E-state index contributed by atoms with van der Waals surface area (Å²) < 4.78 is 18.4. The van der Waals surface area contributed by atoms with Gasteiger partial charge in [0.1, 0.15) is 5.82 Å². The van der Waals surface area contributed by atoms with Crippen molar-refractivity contribution < 1.29 is 18.7 Å². The van der Waals surface area contributed by atoms with E-state index in [1.165, 1.54) is 35.6 Å². The van der Waals surface area contributed by atoms with Gasteiger partial charge in [-0.15, -0.1) is 11.3 Å². The normalized spacial score (nSPS) is 10.8. The molecular formula is C16H14ClFN2O3S. The Morgan fingerprint density at radius 3 is 2.96 bits per heavy atom. The van der Waals surface area contributed by atoms with Crippen LogP contribution in [-0.4, -0.2) is 23.5 Å². The van der Waals surface area contributed by atoms with Crippen LogP contribution in [0.1, 0.15) is 18.2 Å². The molecule has 0 aliphatic carbocycles. The zero-order valence-electron chi connectivity index (χ0n) is 12.7. The van der Waals surface area contributed by atoms with Crippen LogP contribution in [0.2, 0.25) is 5.02 Å². The number of hydrogen-bond acceptors (Lipinski definition) is 5. The van der Waals surface area contributed by atoms with Crippen molar-refractivity contribution in [3.05, 3.63) is 51.8 Å². The zero-order valence-corrected chi connectivity index (χ0v) is 14.3. The monoisotopic (exact) mass is 368 g/mol. The number of nitrogens with one attached hydrogen (secondary N) is 1. The van der Waals surface area contributed by atoms with Crippen LogP contribution in [0.15, 0.2) is 29.7 Å². The topological polar surface area (TPSA) is 68.3 Å². The number of carbonyl (C=O) groups excluding carboxylic acids is 2. The summed E-state index contributed by atoms with van der Waals surface area (Å²) in [5, 5.41) is 4.75. The number of thiazole rings is 1. The van der Waals surface area contributed by atoms with E-state index in [4.69, 9.17) is 16.3 Å². The first kappa shape index (κ1) is 18.1. The van der Waals surface area contributed by atoms with Crippen molar-refractivity contribution in [2.45, 2.75) is 13.3 Å². The van der Waals surface area contributed by atoms with Crippen molar-refractivity contribution in [1.29, 1.82) is 0 Å². The van der Waals surface area contributed by atoms with Crippen molar-refractivity contribution in [1.82, 2.24) is 4.98 Å². The third-order valence-electron chi connectivity index (χ3n) is 2.81. The Hall–Kier alpha value is -2.25. The van der Waals surface area contributed by atoms with Crippen molar-refractivity contribution in [3.63, 3.8) is 0 Å². The van der Waals surface area contributed by atoms with E-state index in [0.29, 0.717) is 17.4 Å². The Labute approximate surface area is 147 Å². The number of rotatable bonds is 6. The van der Waals surface area contributed by atoms with Gasteiger partial charge in [0.25, 0.3) is 0 Å². The fourth-order valence-electron chi connectivity index (χ4n) is 1.78. The Balaban J connectivity index is 1.96. The van der Waals surface area contributed by atoms with Crippen LogP contribution >= 0.6 is 22.9 Å². The number of carbonyl (C=O) groups is 2. The number of nitrogens with zero attached hydrogens (tertiary/aromatic N) is 1. The molecule has 24 heavy (non-hydrogen) atoms. The van der Waals surface area contributed by atoms with E-state index >= 15 is 0 Å². The van der Waals surface area contributed by atoms with Crippen LogP contribution in [0, 0.1) is 5.82 Å². The molecular weight excluding hydrogens is 355 g/mol. The molecule has 0 saturated heterocycles. The minimum absolute atomic E-state index is 0.0425. The first-order valence-electron chi connectivity index (χ1n) is 7.02. The van der Waals surface area contributed by atoms with Crippen molar-refractivity contribution >= 4 is 46.0 Å². The lowest BCUT2D eigenvalue weighted by Gasteiger charge is -2.00. The van der Waals surface area contributed by atoms with E-state index in [0.717, 1.165) is 6.08 Å². The number of aromatic nitrogens is 1. The Bertz CT molecular complexity index is 756. The summed E-state index contributed by atoms with van der Waals surface area (Å²) in [6.45, 7) is 2.02. The van der Waals surface area contributed by atoms with E-state index in [1.54, 1.807) is 12.3 Å². The molecule has 0 saturated carbocycles. The first-order valence-corrected chi connectivity index (χ1v) is 8.28. The summed E-state index contributed by atoms with van der Waals surface area (Å²) in [7, 11) is 0. The van der Waals surface area contributed by atoms with Crippen LogP contribution in [0.5, 0.6) is 0 Å². The maximum atomic E-state index is 13.6. The van der Waals surface area contributed by atoms with E-state index in [1.807, 2.05) is 0 Å². The average molecular weight is 369 g/mol. The van der Waals surface area contributed by atoms with Gasteiger partial charge in [-0.1, -0.05) is 17.7 Å². The largest absolute Gasteiger partial charge is 0.466 e. The fourth-order valence-corrected chi connectivity index (χ4v) is 2.72. The van der Waals surface area contributed by atoms with Crippen LogP contribution in [0.3, 0.4) is 0 Å². The number of anilines is 1. The molecule has 2 rings (SSSR count). The first-order chi connectivity index (χ1) is 11.5. The van der Waals surface area contributed by atoms with E-state index in [-0.39, 0.29) is 23.0 Å². The smallest absolute Gasteiger partial charge is 0.311 e. The third-order valence-corrected chi connectivity index (χ3v) is 3.95. The van der Waals surface area contributed by atoms with Gasteiger partial charge in [-0.2, -0.15) is 0 Å². The fraction of sp³-hybridized carbons (Fsp3) is 0.188. The number of benzene rings is 1. The second-order valence-corrected chi connectivity index (χ2v) is 5.85. The highest BCUT2D eigenvalue weighted by atomic mass is 35.5. The van der Waals surface area contributed by atoms with Gasteiger partial charge in [0.15, 0.2) is 5.13 Å². The Kier molecular flexibility index (Phi) is 6.45. The molecule has 0 spiro atoms. The third kappa shape index (κ3) is 5.14. The molecule has 126 valence electrons. The average Bonchev–Trinajstić information content (AvgIpc) is 2.93. The van der Waals surface area contributed by atoms with Crippen LogP contribution < -0.4 is 5.32 Å². The van der Waals surface area contributed by atoms with Crippen molar-refractivity contribution in [2.24, 2.45) is 0 Å². The summed E-state index contributed by atoms with van der Waals surface area (Å²) in [4.78, 5) is 27.3. The summed E-state index contributed by atoms with van der Waals surface area (Å²) in [6.07, 6.45) is 2.50. The second kappa shape index (κ2) is 8.56. The molecule has 2 aromatic rings. The molecule has 5 nitrogen and oxygen atoms in total. The molecule has 0 fully saturated rings. The van der Waals surface area contributed by atoms with E-state index in [2.05, 4.69) is 10.3 Å². The van der Waals surface area contributed by atoms with Crippen LogP contribution in [-0.2, 0) is 20.7 Å². The lowest BCUT2D eigenvalue weighted by atomic mass is 10.2. The molecule has 1 heterocycles. The standard InChI is InChI=1S/C16H14ClFN2O3S/c1-2-23-15(22)8-10-9-24-16(19-10)20-14(21)7-6-11-12(17)4-3-5-13(11)18/h3-7,9H,2,8H2,1H3,(H,19,20,21)/b7-6+. The molecule has 8 heteroatoms. The quantitative estimate of drug-likeness (QED) is 0.623. The van der Waals surface area contributed by atoms with Gasteiger partial charge in [0.05, 0.1) is 23.7 Å². The van der Waals surface area contributed by atoms with Gasteiger partial charge in [0, 0.05) is 17.0 Å². The maximum Gasteiger partial charge on any atom is 0.311 e. The molecule has 0 radical (unpaired) electrons. The van der Waals surface area contributed by atoms with Gasteiger partial charge in [-0.05, 0) is 25.1 Å². The van der Waals surface area contributed by atoms with Gasteiger partial charge in [-0.25, -0.2) is 9.37 Å². The molecule has 0 aliphatic rings. The molecule has 1 N–H and O–H groups in total. The molecule has 1 aromatic heterocycles. The Morgan fingerprint density at radius 1 is 1.46 bits per heavy atom. The molecule has 1 amide bonds. The molecule has 0 unspecified atom stereocenters. The predicted octanol–water partition coefficient (Wildman–Crippen LogP) is 3.69. The number of amides is 1. The van der Waals surface area contributed by atoms with Crippen LogP contribution in [0.4, 0.5) is 9.52 Å². The van der Waals surface area contributed by atoms with E-state index < -0.39 is 11.7 Å². The Morgan fingerprint density at radius 2 is 2.25 bits per heavy atom. The lowest BCUT2D eigenvalue weighted by Crippen LogP contribution is -2.09. The summed E-state index contributed by atoms with van der Waals surface area (Å²) in [6, 6.07) is 4.27. The van der Waals surface area contributed by atoms with Gasteiger partial charge in [0.2, 0.25) is 5.91 Å². The number of esters is 1. The summed E-state index contributed by atoms with van der Waals surface area (Å²) in [5.41, 5.74) is 0.645. The number of ether oxygens (including phenoxy) is 1. The molecule has 0 bridgehead atoms. The predicted molar refractivity (Wildman–Crippen MR) is 91.5 cm³/mol. The minimum Gasteiger partial charge on any atom is -0.466 e. The second-order valence-electron chi connectivity index (χ2n) is 4.58. The lowest BCUT2D eigenvalue weighted by molar-refractivity contribution is -0.142. The highest BCUT2D eigenvalue weighted by Crippen LogP contribution is 2.20. The summed E-state index contributed by atoms with van der Waals surface area (Å²) in [5.74, 6) is -1.38.